The molecule has 15 heavy (non-hydrogen) atoms. The molecule has 1 aliphatic rings. The second-order valence-electron chi connectivity index (χ2n) is 5.06. The Morgan fingerprint density at radius 2 is 1.73 bits per heavy atom. The molecule has 3 nitrogen and oxygen atoms in total. The fraction of sp³-hybridized carbons (Fsp3) is 0.636. The van der Waals surface area contributed by atoms with Crippen molar-refractivity contribution in [1.29, 1.82) is 0 Å². The van der Waals surface area contributed by atoms with E-state index in [0.29, 0.717) is 13.2 Å². The molecule has 1 aromatic heterocycles. The quantitative estimate of drug-likeness (QED) is 0.783. The second kappa shape index (κ2) is 3.78. The van der Waals surface area contributed by atoms with Crippen LogP contribution in [0, 0.1) is 0 Å². The number of hydrogen-bond acceptors (Lipinski definition) is 3. The van der Waals surface area contributed by atoms with E-state index in [1.54, 1.807) is 0 Å². The van der Waals surface area contributed by atoms with Crippen LogP contribution in [0.4, 0.5) is 0 Å². The van der Waals surface area contributed by atoms with Crippen molar-refractivity contribution in [2.75, 3.05) is 13.2 Å². The first-order valence-corrected chi connectivity index (χ1v) is 15.3. The van der Waals surface area contributed by atoms with Crippen molar-refractivity contribution in [2.24, 2.45) is 0 Å². The van der Waals surface area contributed by atoms with E-state index in [9.17, 15) is 0 Å². The molecular weight excluding hydrogens is 299 g/mol. The van der Waals surface area contributed by atoms with Gasteiger partial charge in [0, 0.05) is 0 Å². The van der Waals surface area contributed by atoms with Gasteiger partial charge in [0.1, 0.15) is 0 Å². The topological polar surface area (TPSA) is 31.6 Å². The molecule has 1 aromatic rings. The molecule has 0 atom stereocenters. The van der Waals surface area contributed by atoms with Crippen LogP contribution in [0.25, 0.3) is 0 Å². The molecule has 0 aliphatic carbocycles. The minimum absolute atomic E-state index is 0.644. The van der Waals surface area contributed by atoms with Crippen LogP contribution in [-0.4, -0.2) is 31.6 Å². The van der Waals surface area contributed by atoms with E-state index in [2.05, 4.69) is 20.9 Å². The molecule has 0 spiro atoms. The fourth-order valence-electron chi connectivity index (χ4n) is 1.64. The molecule has 0 unspecified atom stereocenters. The number of ether oxygens (including phenoxy) is 2. The molecule has 1 aliphatic heterocycles. The van der Waals surface area contributed by atoms with Crippen molar-refractivity contribution < 1.29 is 13.9 Å². The second-order valence-corrected chi connectivity index (χ2v) is 19.3. The standard InChI is InChI=1S/C8H9O3.3CH3.Sn/c1-8(10-5-6-11-8)7-3-2-4-9-7;;;;/h2-3H,5-6H2,1H3;3*1H3;. The zero-order valence-corrected chi connectivity index (χ0v) is 12.6. The van der Waals surface area contributed by atoms with Crippen molar-refractivity contribution in [2.45, 2.75) is 27.5 Å². The van der Waals surface area contributed by atoms with Gasteiger partial charge in [-0.25, -0.2) is 0 Å². The van der Waals surface area contributed by atoms with E-state index < -0.39 is 24.2 Å². The van der Waals surface area contributed by atoms with Gasteiger partial charge in [0.25, 0.3) is 0 Å². The Bertz CT molecular complexity index is 345. The van der Waals surface area contributed by atoms with Crippen molar-refractivity contribution in [3.8, 4) is 0 Å². The number of furan rings is 1. The summed E-state index contributed by atoms with van der Waals surface area (Å²) in [6, 6.07) is 4.07. The summed E-state index contributed by atoms with van der Waals surface area (Å²) in [7, 11) is 0. The normalized spacial score (nSPS) is 20.8. The molecule has 1 saturated heterocycles. The Kier molecular flexibility index (Phi) is 2.90. The van der Waals surface area contributed by atoms with Gasteiger partial charge >= 0.3 is 94.7 Å². The third-order valence-corrected chi connectivity index (χ3v) is 7.62. The van der Waals surface area contributed by atoms with Crippen LogP contribution in [0.15, 0.2) is 16.5 Å². The molecule has 2 heterocycles. The van der Waals surface area contributed by atoms with Gasteiger partial charge in [0.2, 0.25) is 0 Å². The summed E-state index contributed by atoms with van der Waals surface area (Å²) in [4.78, 5) is 6.99. The summed E-state index contributed by atoms with van der Waals surface area (Å²) in [6.45, 7) is 3.21. The summed E-state index contributed by atoms with van der Waals surface area (Å²) in [5.74, 6) is 0.150. The molecule has 0 N–H and O–H groups in total. The van der Waals surface area contributed by atoms with E-state index in [1.807, 2.05) is 13.0 Å². The van der Waals surface area contributed by atoms with Crippen LogP contribution >= 0.6 is 0 Å². The fourth-order valence-corrected chi connectivity index (χ4v) is 4.49. The molecule has 4 heteroatoms. The Hall–Kier alpha value is -0.00130. The Morgan fingerprint density at radius 3 is 2.20 bits per heavy atom. The number of rotatable bonds is 2. The minimum atomic E-state index is -2.09. The summed E-state index contributed by atoms with van der Waals surface area (Å²) in [5, 5.41) is 0. The van der Waals surface area contributed by atoms with Crippen LogP contribution in [0.1, 0.15) is 12.7 Å². The third-order valence-electron chi connectivity index (χ3n) is 2.63. The van der Waals surface area contributed by atoms with Gasteiger partial charge in [-0.1, -0.05) is 0 Å². The van der Waals surface area contributed by atoms with Gasteiger partial charge in [-0.3, -0.25) is 0 Å². The zero-order valence-electron chi connectivity index (χ0n) is 9.79. The maximum atomic E-state index is 5.88. The summed E-state index contributed by atoms with van der Waals surface area (Å²) in [5.41, 5.74) is 0. The van der Waals surface area contributed by atoms with Gasteiger partial charge < -0.3 is 0 Å². The molecule has 0 amide bonds. The van der Waals surface area contributed by atoms with E-state index >= 15 is 0 Å². The SMILES string of the molecule is CC1(c2cc[c]([Sn]([CH3])([CH3])[CH3])o2)OCCO1. The summed E-state index contributed by atoms with van der Waals surface area (Å²) < 4.78 is 18.2. The van der Waals surface area contributed by atoms with Gasteiger partial charge in [0.05, 0.1) is 0 Å². The zero-order chi connectivity index (χ0) is 11.1. The third kappa shape index (κ3) is 2.24. The molecule has 2 rings (SSSR count). The van der Waals surface area contributed by atoms with Crippen molar-refractivity contribution >= 4 is 22.2 Å². The van der Waals surface area contributed by atoms with Crippen LogP contribution < -0.4 is 3.78 Å². The van der Waals surface area contributed by atoms with E-state index in [0.717, 1.165) is 5.76 Å². The van der Waals surface area contributed by atoms with Gasteiger partial charge in [-0.15, -0.1) is 0 Å². The summed E-state index contributed by atoms with van der Waals surface area (Å²) in [6.07, 6.45) is 0. The Balaban J connectivity index is 2.27. The molecular formula is C11H18O3Sn. The molecule has 0 bridgehead atoms. The van der Waals surface area contributed by atoms with E-state index in [-0.39, 0.29) is 0 Å². The first-order chi connectivity index (χ1) is 6.92. The van der Waals surface area contributed by atoms with E-state index in [1.165, 1.54) is 3.78 Å². The first kappa shape index (κ1) is 11.5. The van der Waals surface area contributed by atoms with Crippen molar-refractivity contribution in [3.63, 3.8) is 0 Å². The first-order valence-electron chi connectivity index (χ1n) is 5.30. The van der Waals surface area contributed by atoms with Crippen molar-refractivity contribution in [1.82, 2.24) is 0 Å². The molecule has 84 valence electrons. The van der Waals surface area contributed by atoms with Gasteiger partial charge in [-0.2, -0.15) is 0 Å². The van der Waals surface area contributed by atoms with Gasteiger partial charge in [-0.05, 0) is 0 Å². The Labute approximate surface area is 94.6 Å². The monoisotopic (exact) mass is 318 g/mol. The van der Waals surface area contributed by atoms with E-state index in [4.69, 9.17) is 13.9 Å². The molecule has 0 aromatic carbocycles. The summed E-state index contributed by atoms with van der Waals surface area (Å²) >= 11 is -2.09. The number of hydrogen-bond donors (Lipinski definition) is 0. The van der Waals surface area contributed by atoms with Gasteiger partial charge in [0.15, 0.2) is 0 Å². The average molecular weight is 317 g/mol. The van der Waals surface area contributed by atoms with Crippen LogP contribution in [-0.2, 0) is 15.3 Å². The molecule has 0 saturated carbocycles. The van der Waals surface area contributed by atoms with Crippen LogP contribution in [0.5, 0.6) is 0 Å². The van der Waals surface area contributed by atoms with Crippen molar-refractivity contribution in [3.05, 3.63) is 17.9 Å². The van der Waals surface area contributed by atoms with Crippen LogP contribution in [0.3, 0.4) is 0 Å². The maximum absolute atomic E-state index is 5.88. The predicted octanol–water partition coefficient (Wildman–Crippen LogP) is 2.04. The molecule has 1 fully saturated rings. The average Bonchev–Trinajstić information content (AvgIpc) is 2.69. The van der Waals surface area contributed by atoms with Crippen LogP contribution in [0.2, 0.25) is 14.8 Å². The molecule has 0 radical (unpaired) electrons. The predicted molar refractivity (Wildman–Crippen MR) is 60.9 cm³/mol. The Morgan fingerprint density at radius 1 is 1.13 bits per heavy atom.